The molecule has 1 N–H and O–H groups in total. The van der Waals surface area contributed by atoms with Crippen molar-refractivity contribution < 1.29 is 27.4 Å². The van der Waals surface area contributed by atoms with Gasteiger partial charge in [-0.1, -0.05) is 11.6 Å². The van der Waals surface area contributed by atoms with Crippen LogP contribution in [0.4, 0.5) is 18.9 Å². The molecule has 0 bridgehead atoms. The number of amides is 1. The molecule has 4 nitrogen and oxygen atoms in total. The second-order valence-corrected chi connectivity index (χ2v) is 5.58. The molecule has 2 aromatic carbocycles. The van der Waals surface area contributed by atoms with E-state index in [1.54, 1.807) is 19.1 Å². The first-order valence-corrected chi connectivity index (χ1v) is 8.21. The topological polar surface area (TPSA) is 47.6 Å². The second-order valence-electron chi connectivity index (χ2n) is 5.17. The van der Waals surface area contributed by atoms with Crippen molar-refractivity contribution in [3.63, 3.8) is 0 Å². The number of benzene rings is 2. The van der Waals surface area contributed by atoms with Crippen molar-refractivity contribution in [2.75, 3.05) is 18.5 Å². The first-order valence-electron chi connectivity index (χ1n) is 7.84. The van der Waals surface area contributed by atoms with Crippen LogP contribution < -0.4 is 14.8 Å². The van der Waals surface area contributed by atoms with Crippen molar-refractivity contribution >= 4 is 23.2 Å². The second kappa shape index (κ2) is 8.31. The molecule has 0 unspecified atom stereocenters. The maximum Gasteiger partial charge on any atom is 0.417 e. The van der Waals surface area contributed by atoms with Gasteiger partial charge in [0.25, 0.3) is 5.91 Å². The summed E-state index contributed by atoms with van der Waals surface area (Å²) in [7, 11) is 0. The smallest absolute Gasteiger partial charge is 0.417 e. The van der Waals surface area contributed by atoms with Crippen LogP contribution in [0.3, 0.4) is 0 Å². The summed E-state index contributed by atoms with van der Waals surface area (Å²) in [5.74, 6) is 0.200. The van der Waals surface area contributed by atoms with Crippen molar-refractivity contribution in [2.24, 2.45) is 0 Å². The number of alkyl halides is 3. The lowest BCUT2D eigenvalue weighted by atomic mass is 10.1. The van der Waals surface area contributed by atoms with Gasteiger partial charge in [-0.25, -0.2) is 0 Å². The highest BCUT2D eigenvalue weighted by Gasteiger charge is 2.33. The van der Waals surface area contributed by atoms with Crippen LogP contribution in [0.5, 0.6) is 11.5 Å². The molecule has 2 rings (SSSR count). The Kier molecular flexibility index (Phi) is 6.37. The van der Waals surface area contributed by atoms with Crippen LogP contribution in [-0.2, 0) is 6.18 Å². The van der Waals surface area contributed by atoms with E-state index in [1.165, 1.54) is 12.1 Å². The lowest BCUT2D eigenvalue weighted by molar-refractivity contribution is -0.137. The van der Waals surface area contributed by atoms with Crippen molar-refractivity contribution in [1.29, 1.82) is 0 Å². The number of carbonyl (C=O) groups excluding carboxylic acids is 1. The molecule has 0 saturated carbocycles. The summed E-state index contributed by atoms with van der Waals surface area (Å²) >= 11 is 5.58. The summed E-state index contributed by atoms with van der Waals surface area (Å²) in [5, 5.41) is 1.99. The zero-order chi connectivity index (χ0) is 19.3. The monoisotopic (exact) mass is 387 g/mol. The summed E-state index contributed by atoms with van der Waals surface area (Å²) < 4.78 is 49.6. The Labute approximate surface area is 153 Å². The molecule has 0 aliphatic carbocycles. The normalized spacial score (nSPS) is 11.2. The van der Waals surface area contributed by atoms with Gasteiger partial charge >= 0.3 is 6.18 Å². The molecular weight excluding hydrogens is 371 g/mol. The SMILES string of the molecule is CCOc1ccc(C(=O)Nc2ccc(Cl)c(C(F)(F)F)c2)c(OCC)c1. The number of carbonyl (C=O) groups is 1. The average Bonchev–Trinajstić information content (AvgIpc) is 2.56. The fourth-order valence-corrected chi connectivity index (χ4v) is 2.47. The Morgan fingerprint density at radius 1 is 1.08 bits per heavy atom. The molecule has 0 radical (unpaired) electrons. The van der Waals surface area contributed by atoms with Crippen LogP contribution >= 0.6 is 11.6 Å². The molecule has 0 fully saturated rings. The number of halogens is 4. The van der Waals surface area contributed by atoms with Gasteiger partial charge in [-0.05, 0) is 44.2 Å². The quantitative estimate of drug-likeness (QED) is 0.721. The summed E-state index contributed by atoms with van der Waals surface area (Å²) in [5.41, 5.74) is -0.865. The molecule has 0 aliphatic rings. The van der Waals surface area contributed by atoms with E-state index in [2.05, 4.69) is 5.32 Å². The number of rotatable bonds is 6. The minimum absolute atomic E-state index is 0.0249. The third-order valence-electron chi connectivity index (χ3n) is 3.34. The number of nitrogens with one attached hydrogen (secondary N) is 1. The molecule has 140 valence electrons. The summed E-state index contributed by atoms with van der Waals surface area (Å²) in [6.07, 6.45) is -4.62. The number of ether oxygens (including phenoxy) is 2. The molecule has 0 saturated heterocycles. The average molecular weight is 388 g/mol. The van der Waals surface area contributed by atoms with Crippen LogP contribution in [0.15, 0.2) is 36.4 Å². The summed E-state index contributed by atoms with van der Waals surface area (Å²) in [6, 6.07) is 7.81. The Hall–Kier alpha value is -2.41. The van der Waals surface area contributed by atoms with Gasteiger partial charge in [0.15, 0.2) is 0 Å². The molecule has 26 heavy (non-hydrogen) atoms. The predicted molar refractivity (Wildman–Crippen MR) is 93.2 cm³/mol. The number of hydrogen-bond acceptors (Lipinski definition) is 3. The first-order chi connectivity index (χ1) is 12.3. The zero-order valence-electron chi connectivity index (χ0n) is 14.1. The highest BCUT2D eigenvalue weighted by atomic mass is 35.5. The zero-order valence-corrected chi connectivity index (χ0v) is 14.9. The predicted octanol–water partition coefficient (Wildman–Crippen LogP) is 5.41. The lowest BCUT2D eigenvalue weighted by Gasteiger charge is -2.14. The largest absolute Gasteiger partial charge is 0.494 e. The highest BCUT2D eigenvalue weighted by molar-refractivity contribution is 6.31. The Morgan fingerprint density at radius 3 is 2.38 bits per heavy atom. The van der Waals surface area contributed by atoms with E-state index in [0.29, 0.717) is 19.0 Å². The van der Waals surface area contributed by atoms with Gasteiger partial charge in [0.05, 0.1) is 29.4 Å². The van der Waals surface area contributed by atoms with Crippen LogP contribution in [0, 0.1) is 0 Å². The molecule has 0 heterocycles. The maximum atomic E-state index is 12.9. The van der Waals surface area contributed by atoms with E-state index in [0.717, 1.165) is 12.1 Å². The number of anilines is 1. The van der Waals surface area contributed by atoms with Gasteiger partial charge < -0.3 is 14.8 Å². The van der Waals surface area contributed by atoms with Gasteiger partial charge in [0.2, 0.25) is 0 Å². The molecule has 8 heteroatoms. The molecule has 0 aromatic heterocycles. The van der Waals surface area contributed by atoms with Gasteiger partial charge in [-0.2, -0.15) is 13.2 Å². The minimum Gasteiger partial charge on any atom is -0.494 e. The molecule has 1 amide bonds. The lowest BCUT2D eigenvalue weighted by Crippen LogP contribution is -2.15. The van der Waals surface area contributed by atoms with Crippen LogP contribution in [-0.4, -0.2) is 19.1 Å². The van der Waals surface area contributed by atoms with Crippen molar-refractivity contribution in [1.82, 2.24) is 0 Å². The fourth-order valence-electron chi connectivity index (χ4n) is 2.24. The molecule has 0 aliphatic heterocycles. The Morgan fingerprint density at radius 2 is 1.77 bits per heavy atom. The van der Waals surface area contributed by atoms with Crippen molar-refractivity contribution in [3.05, 3.63) is 52.5 Å². The maximum absolute atomic E-state index is 12.9. The van der Waals surface area contributed by atoms with Gasteiger partial charge in [0, 0.05) is 11.8 Å². The van der Waals surface area contributed by atoms with Gasteiger partial charge in [-0.15, -0.1) is 0 Å². The molecule has 0 atom stereocenters. The molecule has 0 spiro atoms. The van der Waals surface area contributed by atoms with Crippen LogP contribution in [0.1, 0.15) is 29.8 Å². The van der Waals surface area contributed by atoms with E-state index >= 15 is 0 Å². The first kappa shape index (κ1) is 19.9. The fraction of sp³-hybridized carbons (Fsp3) is 0.278. The minimum atomic E-state index is -4.62. The van der Waals surface area contributed by atoms with E-state index in [4.69, 9.17) is 21.1 Å². The standard InChI is InChI=1S/C18H17ClF3NO3/c1-3-25-12-6-7-13(16(10-12)26-4-2)17(24)23-11-5-8-15(19)14(9-11)18(20,21)22/h5-10H,3-4H2,1-2H3,(H,23,24). The summed E-state index contributed by atoms with van der Waals surface area (Å²) in [6.45, 7) is 4.33. The van der Waals surface area contributed by atoms with E-state index in [9.17, 15) is 18.0 Å². The van der Waals surface area contributed by atoms with Crippen molar-refractivity contribution in [3.8, 4) is 11.5 Å². The van der Waals surface area contributed by atoms with E-state index < -0.39 is 22.7 Å². The Balaban J connectivity index is 2.30. The third kappa shape index (κ3) is 4.82. The van der Waals surface area contributed by atoms with E-state index in [-0.39, 0.29) is 17.0 Å². The van der Waals surface area contributed by atoms with Crippen LogP contribution in [0.25, 0.3) is 0 Å². The number of hydrogen-bond donors (Lipinski definition) is 1. The van der Waals surface area contributed by atoms with Crippen LogP contribution in [0.2, 0.25) is 5.02 Å². The Bertz CT molecular complexity index is 794. The van der Waals surface area contributed by atoms with Gasteiger partial charge in [-0.3, -0.25) is 4.79 Å². The molecular formula is C18H17ClF3NO3. The van der Waals surface area contributed by atoms with E-state index in [1.807, 2.05) is 6.92 Å². The third-order valence-corrected chi connectivity index (χ3v) is 3.67. The van der Waals surface area contributed by atoms with Crippen molar-refractivity contribution in [2.45, 2.75) is 20.0 Å². The van der Waals surface area contributed by atoms with Gasteiger partial charge in [0.1, 0.15) is 11.5 Å². The summed E-state index contributed by atoms with van der Waals surface area (Å²) in [4.78, 5) is 12.5. The highest BCUT2D eigenvalue weighted by Crippen LogP contribution is 2.36. The molecule has 2 aromatic rings.